The van der Waals surface area contributed by atoms with Crippen LogP contribution < -0.4 is 5.73 Å². The van der Waals surface area contributed by atoms with E-state index in [0.29, 0.717) is 0 Å². The monoisotopic (exact) mass is 425 g/mol. The summed E-state index contributed by atoms with van der Waals surface area (Å²) in [6.45, 7) is 3.04. The van der Waals surface area contributed by atoms with Crippen molar-refractivity contribution in [2.75, 3.05) is 0 Å². The van der Waals surface area contributed by atoms with Crippen LogP contribution in [-0.2, 0) is 6.54 Å². The molecule has 17 heavy (non-hydrogen) atoms. The SMILES string of the molecule is CCCn1ncc(Br)c1C(N)c1csc(I)c1. The van der Waals surface area contributed by atoms with Gasteiger partial charge in [0.2, 0.25) is 0 Å². The van der Waals surface area contributed by atoms with Gasteiger partial charge in [0.1, 0.15) is 0 Å². The Morgan fingerprint density at radius 3 is 3.00 bits per heavy atom. The van der Waals surface area contributed by atoms with Gasteiger partial charge >= 0.3 is 0 Å². The van der Waals surface area contributed by atoms with Gasteiger partial charge in [-0.25, -0.2) is 0 Å². The molecule has 2 rings (SSSR count). The Morgan fingerprint density at radius 1 is 1.65 bits per heavy atom. The number of aryl methyl sites for hydroxylation is 1. The molecule has 6 heteroatoms. The van der Waals surface area contributed by atoms with Crippen molar-refractivity contribution in [2.45, 2.75) is 25.9 Å². The van der Waals surface area contributed by atoms with Crippen molar-refractivity contribution in [3.8, 4) is 0 Å². The van der Waals surface area contributed by atoms with Gasteiger partial charge in [-0.1, -0.05) is 6.92 Å². The lowest BCUT2D eigenvalue weighted by Gasteiger charge is -2.13. The van der Waals surface area contributed by atoms with E-state index < -0.39 is 0 Å². The zero-order chi connectivity index (χ0) is 12.4. The van der Waals surface area contributed by atoms with Gasteiger partial charge in [0.05, 0.1) is 25.3 Å². The number of halogens is 2. The average Bonchev–Trinajstić information content (AvgIpc) is 2.86. The number of hydrogen-bond donors (Lipinski definition) is 1. The smallest absolute Gasteiger partial charge is 0.0743 e. The largest absolute Gasteiger partial charge is 0.319 e. The van der Waals surface area contributed by atoms with Crippen LogP contribution in [0.4, 0.5) is 0 Å². The Balaban J connectivity index is 2.35. The molecule has 3 nitrogen and oxygen atoms in total. The van der Waals surface area contributed by atoms with Crippen LogP contribution in [0.5, 0.6) is 0 Å². The minimum absolute atomic E-state index is 0.113. The quantitative estimate of drug-likeness (QED) is 0.757. The number of nitrogens with two attached hydrogens (primary N) is 1. The molecule has 0 aliphatic rings. The van der Waals surface area contributed by atoms with E-state index in [1.54, 1.807) is 11.3 Å². The number of nitrogens with zero attached hydrogens (tertiary/aromatic N) is 2. The molecule has 2 aromatic rings. The van der Waals surface area contributed by atoms with Crippen LogP contribution in [-0.4, -0.2) is 9.78 Å². The van der Waals surface area contributed by atoms with Gasteiger partial charge in [-0.3, -0.25) is 4.68 Å². The lowest BCUT2D eigenvalue weighted by Crippen LogP contribution is -2.17. The zero-order valence-electron chi connectivity index (χ0n) is 9.36. The Morgan fingerprint density at radius 2 is 2.41 bits per heavy atom. The van der Waals surface area contributed by atoms with E-state index in [1.807, 2.05) is 10.9 Å². The molecule has 1 unspecified atom stereocenters. The summed E-state index contributed by atoms with van der Waals surface area (Å²) in [6, 6.07) is 2.02. The maximum atomic E-state index is 6.32. The molecule has 0 saturated heterocycles. The van der Waals surface area contributed by atoms with Crippen LogP contribution in [0.3, 0.4) is 0 Å². The van der Waals surface area contributed by atoms with Crippen LogP contribution >= 0.6 is 49.9 Å². The summed E-state index contributed by atoms with van der Waals surface area (Å²) in [7, 11) is 0. The Labute approximate surface area is 127 Å². The molecule has 1 atom stereocenters. The average molecular weight is 426 g/mol. The Bertz CT molecular complexity index is 509. The van der Waals surface area contributed by atoms with E-state index in [-0.39, 0.29) is 6.04 Å². The number of thiophene rings is 1. The fourth-order valence-corrected chi connectivity index (χ4v) is 3.67. The van der Waals surface area contributed by atoms with E-state index in [0.717, 1.165) is 28.7 Å². The molecule has 2 N–H and O–H groups in total. The summed E-state index contributed by atoms with van der Waals surface area (Å²) in [5, 5.41) is 6.46. The van der Waals surface area contributed by atoms with E-state index in [4.69, 9.17) is 5.73 Å². The van der Waals surface area contributed by atoms with Crippen molar-refractivity contribution >= 4 is 49.9 Å². The zero-order valence-corrected chi connectivity index (χ0v) is 13.9. The molecule has 0 fully saturated rings. The molecule has 0 spiro atoms. The molecule has 0 aromatic carbocycles. The topological polar surface area (TPSA) is 43.8 Å². The van der Waals surface area contributed by atoms with Crippen molar-refractivity contribution in [3.63, 3.8) is 0 Å². The van der Waals surface area contributed by atoms with Crippen molar-refractivity contribution in [2.24, 2.45) is 5.73 Å². The Kier molecular flexibility index (Phi) is 4.62. The summed E-state index contributed by atoms with van der Waals surface area (Å²) in [5.74, 6) is 0. The third-order valence-electron chi connectivity index (χ3n) is 2.51. The molecular formula is C11H13BrIN3S. The number of hydrogen-bond acceptors (Lipinski definition) is 3. The molecule has 2 heterocycles. The predicted octanol–water partition coefficient (Wildman–Crippen LogP) is 3.77. The highest BCUT2D eigenvalue weighted by molar-refractivity contribution is 14.1. The first-order valence-corrected chi connectivity index (χ1v) is 8.09. The van der Waals surface area contributed by atoms with Gasteiger partial charge in [0.15, 0.2) is 0 Å². The van der Waals surface area contributed by atoms with Crippen LogP contribution in [0.15, 0.2) is 22.1 Å². The third kappa shape index (κ3) is 2.91. The van der Waals surface area contributed by atoms with Crippen LogP contribution in [0.1, 0.15) is 30.6 Å². The van der Waals surface area contributed by atoms with E-state index in [1.165, 1.54) is 2.88 Å². The second-order valence-electron chi connectivity index (χ2n) is 3.76. The van der Waals surface area contributed by atoms with Gasteiger partial charge in [0.25, 0.3) is 0 Å². The van der Waals surface area contributed by atoms with Crippen LogP contribution in [0.25, 0.3) is 0 Å². The van der Waals surface area contributed by atoms with Gasteiger partial charge in [-0.15, -0.1) is 11.3 Å². The first-order valence-electron chi connectivity index (χ1n) is 5.34. The molecular weight excluding hydrogens is 413 g/mol. The lowest BCUT2D eigenvalue weighted by atomic mass is 10.1. The van der Waals surface area contributed by atoms with Gasteiger partial charge in [-0.2, -0.15) is 5.10 Å². The van der Waals surface area contributed by atoms with E-state index in [2.05, 4.69) is 62.0 Å². The molecule has 2 aromatic heterocycles. The third-order valence-corrected chi connectivity index (χ3v) is 4.93. The van der Waals surface area contributed by atoms with Crippen molar-refractivity contribution in [1.82, 2.24) is 9.78 Å². The van der Waals surface area contributed by atoms with Gasteiger partial charge in [-0.05, 0) is 62.0 Å². The standard InChI is InChI=1S/C11H13BrIN3S/c1-2-3-16-11(8(12)5-15-16)10(14)7-4-9(13)17-6-7/h4-6,10H,2-3,14H2,1H3. The second kappa shape index (κ2) is 5.81. The molecule has 0 amide bonds. The van der Waals surface area contributed by atoms with Crippen LogP contribution in [0, 0.1) is 2.88 Å². The molecule has 0 bridgehead atoms. The highest BCUT2D eigenvalue weighted by atomic mass is 127. The summed E-state index contributed by atoms with van der Waals surface area (Å²) < 4.78 is 4.23. The normalized spacial score (nSPS) is 12.9. The highest BCUT2D eigenvalue weighted by Gasteiger charge is 2.18. The van der Waals surface area contributed by atoms with Crippen molar-refractivity contribution in [1.29, 1.82) is 0 Å². The summed E-state index contributed by atoms with van der Waals surface area (Å²) in [5.41, 5.74) is 8.53. The van der Waals surface area contributed by atoms with Crippen molar-refractivity contribution in [3.05, 3.63) is 36.3 Å². The maximum Gasteiger partial charge on any atom is 0.0743 e. The lowest BCUT2D eigenvalue weighted by molar-refractivity contribution is 0.559. The Hall–Kier alpha value is 0.0800. The van der Waals surface area contributed by atoms with Crippen LogP contribution in [0.2, 0.25) is 0 Å². The number of aromatic nitrogens is 2. The van der Waals surface area contributed by atoms with Gasteiger partial charge in [0, 0.05) is 6.54 Å². The first-order chi connectivity index (χ1) is 8.13. The maximum absolute atomic E-state index is 6.32. The molecule has 0 aliphatic heterocycles. The minimum atomic E-state index is -0.113. The summed E-state index contributed by atoms with van der Waals surface area (Å²) in [6.07, 6.45) is 2.87. The number of rotatable bonds is 4. The second-order valence-corrected chi connectivity index (χ2v) is 7.42. The summed E-state index contributed by atoms with van der Waals surface area (Å²) >= 11 is 7.56. The molecule has 0 saturated carbocycles. The predicted molar refractivity (Wildman–Crippen MR) is 83.3 cm³/mol. The highest BCUT2D eigenvalue weighted by Crippen LogP contribution is 2.30. The van der Waals surface area contributed by atoms with E-state index >= 15 is 0 Å². The first kappa shape index (κ1) is 13.5. The van der Waals surface area contributed by atoms with E-state index in [9.17, 15) is 0 Å². The fourth-order valence-electron chi connectivity index (χ4n) is 1.72. The fraction of sp³-hybridized carbons (Fsp3) is 0.364. The minimum Gasteiger partial charge on any atom is -0.319 e. The summed E-state index contributed by atoms with van der Waals surface area (Å²) in [4.78, 5) is 0. The molecule has 0 aliphatic carbocycles. The molecule has 92 valence electrons. The van der Waals surface area contributed by atoms with Crippen molar-refractivity contribution < 1.29 is 0 Å². The van der Waals surface area contributed by atoms with Gasteiger partial charge < -0.3 is 5.73 Å². The molecule has 0 radical (unpaired) electrons.